The molecule has 0 radical (unpaired) electrons. The molecule has 0 aliphatic carbocycles. The average molecular weight is 332 g/mol. The maximum Gasteiger partial charge on any atom is 0.323 e. The second-order valence-corrected chi connectivity index (χ2v) is 6.34. The Kier molecular flexibility index (Phi) is 3.98. The summed E-state index contributed by atoms with van der Waals surface area (Å²) in [6.45, 7) is 3.03. The van der Waals surface area contributed by atoms with E-state index in [0.29, 0.717) is 0 Å². The van der Waals surface area contributed by atoms with Gasteiger partial charge in [-0.05, 0) is 48.7 Å². The van der Waals surface area contributed by atoms with E-state index < -0.39 is 0 Å². The first-order valence-corrected chi connectivity index (χ1v) is 8.48. The van der Waals surface area contributed by atoms with Crippen LogP contribution in [0.5, 0.6) is 0 Å². The molecule has 1 aromatic heterocycles. The van der Waals surface area contributed by atoms with Crippen LogP contribution in [-0.2, 0) is 13.0 Å². The standard InChI is InChI=1S/C20H20N4O/c1-14-4-2-5-17(12-14)23-20(25)22-16-9-7-15(8-10-16)18-13-21-19-6-3-11-24(18)19/h2,4-5,7-10,12-13H,3,6,11H2,1H3,(H2,22,23,25). The fourth-order valence-electron chi connectivity index (χ4n) is 3.23. The second kappa shape index (κ2) is 6.43. The van der Waals surface area contributed by atoms with E-state index in [1.165, 1.54) is 0 Å². The molecule has 0 atom stereocenters. The lowest BCUT2D eigenvalue weighted by atomic mass is 10.1. The highest BCUT2D eigenvalue weighted by Crippen LogP contribution is 2.26. The minimum absolute atomic E-state index is 0.247. The molecule has 5 nitrogen and oxygen atoms in total. The molecule has 1 aliphatic rings. The van der Waals surface area contributed by atoms with Crippen molar-refractivity contribution in [1.82, 2.24) is 9.55 Å². The minimum atomic E-state index is -0.247. The summed E-state index contributed by atoms with van der Waals surface area (Å²) in [5, 5.41) is 5.71. The number of imidazole rings is 1. The third-order valence-corrected chi connectivity index (χ3v) is 4.43. The topological polar surface area (TPSA) is 59.0 Å². The SMILES string of the molecule is Cc1cccc(NC(=O)Nc2ccc(-c3cnc4n3CCC4)cc2)c1. The Morgan fingerprint density at radius 2 is 1.88 bits per heavy atom. The normalized spacial score (nSPS) is 12.7. The van der Waals surface area contributed by atoms with Gasteiger partial charge < -0.3 is 15.2 Å². The van der Waals surface area contributed by atoms with Crippen LogP contribution in [0.15, 0.2) is 54.7 Å². The van der Waals surface area contributed by atoms with E-state index in [0.717, 1.165) is 53.4 Å². The highest BCUT2D eigenvalue weighted by Gasteiger charge is 2.16. The van der Waals surface area contributed by atoms with Crippen molar-refractivity contribution in [2.45, 2.75) is 26.3 Å². The number of nitrogens with one attached hydrogen (secondary N) is 2. The predicted molar refractivity (Wildman–Crippen MR) is 99.8 cm³/mol. The monoisotopic (exact) mass is 332 g/mol. The van der Waals surface area contributed by atoms with Crippen molar-refractivity contribution in [3.63, 3.8) is 0 Å². The first kappa shape index (κ1) is 15.4. The third kappa shape index (κ3) is 3.26. The number of nitrogens with zero attached hydrogens (tertiary/aromatic N) is 2. The number of amides is 2. The molecular weight excluding hydrogens is 312 g/mol. The summed E-state index contributed by atoms with van der Waals surface area (Å²) < 4.78 is 2.27. The summed E-state index contributed by atoms with van der Waals surface area (Å²) in [4.78, 5) is 16.6. The number of hydrogen-bond donors (Lipinski definition) is 2. The summed E-state index contributed by atoms with van der Waals surface area (Å²) in [6.07, 6.45) is 4.15. The van der Waals surface area contributed by atoms with Crippen LogP contribution >= 0.6 is 0 Å². The zero-order chi connectivity index (χ0) is 17.2. The molecule has 3 aromatic rings. The smallest absolute Gasteiger partial charge is 0.323 e. The van der Waals surface area contributed by atoms with Crippen LogP contribution < -0.4 is 10.6 Å². The largest absolute Gasteiger partial charge is 0.328 e. The Hall–Kier alpha value is -3.08. The lowest BCUT2D eigenvalue weighted by Gasteiger charge is -2.09. The van der Waals surface area contributed by atoms with Gasteiger partial charge in [0.05, 0.1) is 11.9 Å². The predicted octanol–water partition coefficient (Wildman–Crippen LogP) is 4.45. The zero-order valence-corrected chi connectivity index (χ0v) is 14.1. The van der Waals surface area contributed by atoms with Crippen LogP contribution in [0.4, 0.5) is 16.2 Å². The van der Waals surface area contributed by atoms with Gasteiger partial charge in [0.25, 0.3) is 0 Å². The summed E-state index contributed by atoms with van der Waals surface area (Å²) >= 11 is 0. The van der Waals surface area contributed by atoms with E-state index in [1.807, 2.05) is 61.7 Å². The Labute approximate surface area is 146 Å². The number of rotatable bonds is 3. The number of anilines is 2. The molecule has 0 fully saturated rings. The molecule has 0 bridgehead atoms. The second-order valence-electron chi connectivity index (χ2n) is 6.34. The molecule has 126 valence electrons. The van der Waals surface area contributed by atoms with Crippen molar-refractivity contribution in [2.75, 3.05) is 10.6 Å². The van der Waals surface area contributed by atoms with Gasteiger partial charge in [-0.15, -0.1) is 0 Å². The highest BCUT2D eigenvalue weighted by molar-refractivity contribution is 5.99. The lowest BCUT2D eigenvalue weighted by Crippen LogP contribution is -2.19. The van der Waals surface area contributed by atoms with E-state index >= 15 is 0 Å². The number of urea groups is 1. The van der Waals surface area contributed by atoms with E-state index in [2.05, 4.69) is 20.2 Å². The number of aryl methyl sites for hydroxylation is 2. The van der Waals surface area contributed by atoms with Crippen LogP contribution in [0.25, 0.3) is 11.3 Å². The van der Waals surface area contributed by atoms with Crippen LogP contribution in [0.3, 0.4) is 0 Å². The molecule has 2 amide bonds. The van der Waals surface area contributed by atoms with E-state index in [4.69, 9.17) is 0 Å². The molecule has 5 heteroatoms. The molecule has 1 aliphatic heterocycles. The van der Waals surface area contributed by atoms with Crippen LogP contribution in [-0.4, -0.2) is 15.6 Å². The van der Waals surface area contributed by atoms with Crippen LogP contribution in [0.1, 0.15) is 17.8 Å². The van der Waals surface area contributed by atoms with Gasteiger partial charge in [-0.3, -0.25) is 0 Å². The fourth-order valence-corrected chi connectivity index (χ4v) is 3.23. The molecule has 25 heavy (non-hydrogen) atoms. The number of carbonyl (C=O) groups excluding carboxylic acids is 1. The quantitative estimate of drug-likeness (QED) is 0.744. The Bertz CT molecular complexity index is 912. The number of benzene rings is 2. The van der Waals surface area contributed by atoms with Crippen molar-refractivity contribution >= 4 is 17.4 Å². The van der Waals surface area contributed by atoms with Gasteiger partial charge in [0.2, 0.25) is 0 Å². The summed E-state index contributed by atoms with van der Waals surface area (Å²) in [7, 11) is 0. The van der Waals surface area contributed by atoms with Gasteiger partial charge in [-0.25, -0.2) is 9.78 Å². The summed E-state index contributed by atoms with van der Waals surface area (Å²) in [5.74, 6) is 1.16. The van der Waals surface area contributed by atoms with E-state index in [9.17, 15) is 4.79 Å². The van der Waals surface area contributed by atoms with Crippen molar-refractivity contribution in [2.24, 2.45) is 0 Å². The van der Waals surface area contributed by atoms with Gasteiger partial charge in [0, 0.05) is 24.3 Å². The van der Waals surface area contributed by atoms with E-state index in [-0.39, 0.29) is 6.03 Å². The lowest BCUT2D eigenvalue weighted by molar-refractivity contribution is 0.262. The minimum Gasteiger partial charge on any atom is -0.328 e. The van der Waals surface area contributed by atoms with Crippen molar-refractivity contribution in [3.8, 4) is 11.3 Å². The summed E-state index contributed by atoms with van der Waals surface area (Å²) in [6, 6.07) is 15.3. The molecule has 0 saturated heterocycles. The van der Waals surface area contributed by atoms with E-state index in [1.54, 1.807) is 0 Å². The molecule has 4 rings (SSSR count). The number of aromatic nitrogens is 2. The Morgan fingerprint density at radius 3 is 2.68 bits per heavy atom. The summed E-state index contributed by atoms with van der Waals surface area (Å²) in [5.41, 5.74) is 4.91. The number of hydrogen-bond acceptors (Lipinski definition) is 2. The molecule has 0 saturated carbocycles. The van der Waals surface area contributed by atoms with Gasteiger partial charge in [-0.2, -0.15) is 0 Å². The van der Waals surface area contributed by atoms with Crippen molar-refractivity contribution < 1.29 is 4.79 Å². The molecule has 2 N–H and O–H groups in total. The first-order chi connectivity index (χ1) is 12.2. The maximum atomic E-state index is 12.1. The van der Waals surface area contributed by atoms with Gasteiger partial charge in [-0.1, -0.05) is 24.3 Å². The molecular formula is C20H20N4O. The Balaban J connectivity index is 1.44. The van der Waals surface area contributed by atoms with Gasteiger partial charge >= 0.3 is 6.03 Å². The molecule has 2 aromatic carbocycles. The van der Waals surface area contributed by atoms with Crippen LogP contribution in [0.2, 0.25) is 0 Å². The zero-order valence-electron chi connectivity index (χ0n) is 14.1. The van der Waals surface area contributed by atoms with Crippen LogP contribution in [0, 0.1) is 6.92 Å². The van der Waals surface area contributed by atoms with Crippen molar-refractivity contribution in [3.05, 3.63) is 66.1 Å². The molecule has 0 spiro atoms. The average Bonchev–Trinajstić information content (AvgIpc) is 3.19. The highest BCUT2D eigenvalue weighted by atomic mass is 16.2. The Morgan fingerprint density at radius 1 is 1.08 bits per heavy atom. The third-order valence-electron chi connectivity index (χ3n) is 4.43. The molecule has 0 unspecified atom stereocenters. The fraction of sp³-hybridized carbons (Fsp3) is 0.200. The van der Waals surface area contributed by atoms with Gasteiger partial charge in [0.1, 0.15) is 5.82 Å². The molecule has 2 heterocycles. The number of carbonyl (C=O) groups is 1. The van der Waals surface area contributed by atoms with Crippen molar-refractivity contribution in [1.29, 1.82) is 0 Å². The maximum absolute atomic E-state index is 12.1. The van der Waals surface area contributed by atoms with Gasteiger partial charge in [0.15, 0.2) is 0 Å². The first-order valence-electron chi connectivity index (χ1n) is 8.48. The number of fused-ring (bicyclic) bond motifs is 1.